The quantitative estimate of drug-likeness (QED) is 0.265. The van der Waals surface area contributed by atoms with Gasteiger partial charge in [0.15, 0.2) is 0 Å². The Morgan fingerprint density at radius 1 is 1.00 bits per heavy atom. The molecule has 3 aromatic carbocycles. The first-order chi connectivity index (χ1) is 14.8. The van der Waals surface area contributed by atoms with Crippen molar-refractivity contribution in [1.82, 2.24) is 5.32 Å². The van der Waals surface area contributed by atoms with Crippen LogP contribution >= 0.6 is 45.2 Å². The molecule has 158 valence electrons. The summed E-state index contributed by atoms with van der Waals surface area (Å²) in [5.41, 5.74) is 1.13. The van der Waals surface area contributed by atoms with Crippen LogP contribution in [0.25, 0.3) is 6.08 Å². The minimum atomic E-state index is -1.26. The highest BCUT2D eigenvalue weighted by Crippen LogP contribution is 2.30. The highest BCUT2D eigenvalue weighted by Gasteiger charge is 2.15. The summed E-state index contributed by atoms with van der Waals surface area (Å²) in [5, 5.41) is 11.9. The Morgan fingerprint density at radius 2 is 1.61 bits per heavy atom. The Kier molecular flexibility index (Phi) is 8.02. The van der Waals surface area contributed by atoms with Crippen LogP contribution in [-0.2, 0) is 11.4 Å². The summed E-state index contributed by atoms with van der Waals surface area (Å²) in [6.45, 7) is 0.0708. The summed E-state index contributed by atoms with van der Waals surface area (Å²) in [6, 6.07) is 18.2. The van der Waals surface area contributed by atoms with Gasteiger partial charge in [0.1, 0.15) is 23.9 Å². The summed E-state index contributed by atoms with van der Waals surface area (Å²) < 4.78 is 21.1. The van der Waals surface area contributed by atoms with Crippen LogP contribution in [0, 0.1) is 13.0 Å². The average molecular weight is 643 g/mol. The van der Waals surface area contributed by atoms with E-state index in [4.69, 9.17) is 4.74 Å². The van der Waals surface area contributed by atoms with Gasteiger partial charge in [-0.05, 0) is 87.2 Å². The van der Waals surface area contributed by atoms with Gasteiger partial charge in [-0.15, -0.1) is 0 Å². The van der Waals surface area contributed by atoms with Crippen molar-refractivity contribution in [3.05, 3.63) is 102 Å². The van der Waals surface area contributed by atoms with Crippen LogP contribution in [0.5, 0.6) is 5.75 Å². The molecule has 8 heteroatoms. The molecule has 0 aromatic heterocycles. The molecule has 0 aliphatic carbocycles. The third kappa shape index (κ3) is 6.26. The monoisotopic (exact) mass is 643 g/mol. The van der Waals surface area contributed by atoms with E-state index in [0.717, 1.165) is 7.14 Å². The molecule has 0 bridgehead atoms. The predicted molar refractivity (Wildman–Crippen MR) is 132 cm³/mol. The van der Waals surface area contributed by atoms with Crippen LogP contribution in [0.3, 0.4) is 0 Å². The number of amides is 1. The molecule has 0 saturated heterocycles. The number of benzene rings is 3. The lowest BCUT2D eigenvalue weighted by Gasteiger charge is -2.12. The van der Waals surface area contributed by atoms with Gasteiger partial charge in [0.25, 0.3) is 5.91 Å². The molecule has 0 spiro atoms. The van der Waals surface area contributed by atoms with E-state index in [0.29, 0.717) is 22.4 Å². The van der Waals surface area contributed by atoms with Gasteiger partial charge < -0.3 is 15.2 Å². The molecule has 0 saturated carbocycles. The summed E-state index contributed by atoms with van der Waals surface area (Å²) in [7, 11) is 0. The molecule has 2 N–H and O–H groups in total. The highest BCUT2D eigenvalue weighted by atomic mass is 127. The maximum absolute atomic E-state index is 13.8. The van der Waals surface area contributed by atoms with Crippen molar-refractivity contribution in [3.8, 4) is 5.75 Å². The number of carboxylic acids is 1. The average Bonchev–Trinajstić information content (AvgIpc) is 2.74. The third-order valence-electron chi connectivity index (χ3n) is 4.18. The van der Waals surface area contributed by atoms with E-state index in [2.05, 4.69) is 50.5 Å². The van der Waals surface area contributed by atoms with E-state index in [9.17, 15) is 19.1 Å². The van der Waals surface area contributed by atoms with Crippen LogP contribution in [0.15, 0.2) is 72.4 Å². The van der Waals surface area contributed by atoms with Crippen molar-refractivity contribution >= 4 is 63.1 Å². The lowest BCUT2D eigenvalue weighted by atomic mass is 10.1. The number of hydrogen-bond acceptors (Lipinski definition) is 3. The Hall–Kier alpha value is -2.47. The zero-order valence-electron chi connectivity index (χ0n) is 15.9. The second-order valence-corrected chi connectivity index (χ2v) is 8.70. The number of carbonyl (C=O) groups is 2. The molecule has 0 aliphatic rings. The molecule has 0 heterocycles. The third-order valence-corrected chi connectivity index (χ3v) is 5.78. The first kappa shape index (κ1) is 23.2. The number of aliphatic carboxylic acids is 1. The number of halogens is 3. The zero-order chi connectivity index (χ0) is 22.4. The number of carboxylic acid groups (broad SMARTS) is 1. The largest absolute Gasteiger partial charge is 0.487 e. The van der Waals surface area contributed by atoms with Crippen molar-refractivity contribution in [2.45, 2.75) is 6.61 Å². The Balaban J connectivity index is 1.81. The van der Waals surface area contributed by atoms with E-state index in [1.165, 1.54) is 12.1 Å². The molecule has 0 unspecified atom stereocenters. The van der Waals surface area contributed by atoms with Crippen LogP contribution in [0.4, 0.5) is 4.39 Å². The number of carbonyl (C=O) groups excluding carboxylic acids is 1. The SMILES string of the molecule is O=C(O)C(=Cc1cc(I)c(OCc2ccccc2F)c(I)c1)NC(=O)c1ccccc1. The maximum atomic E-state index is 13.8. The molecule has 5 nitrogen and oxygen atoms in total. The Labute approximate surface area is 205 Å². The van der Waals surface area contributed by atoms with E-state index >= 15 is 0 Å². The second kappa shape index (κ2) is 10.7. The number of nitrogens with one attached hydrogen (secondary N) is 1. The molecular weight excluding hydrogens is 627 g/mol. The van der Waals surface area contributed by atoms with Crippen molar-refractivity contribution in [2.24, 2.45) is 0 Å². The first-order valence-corrected chi connectivity index (χ1v) is 11.2. The smallest absolute Gasteiger partial charge is 0.352 e. The fourth-order valence-corrected chi connectivity index (χ4v) is 4.80. The van der Waals surface area contributed by atoms with Crippen molar-refractivity contribution < 1.29 is 23.8 Å². The Bertz CT molecular complexity index is 1130. The van der Waals surface area contributed by atoms with Gasteiger partial charge >= 0.3 is 5.97 Å². The molecule has 0 radical (unpaired) electrons. The van der Waals surface area contributed by atoms with Crippen LogP contribution in [0.2, 0.25) is 0 Å². The maximum Gasteiger partial charge on any atom is 0.352 e. The molecular formula is C23H16FI2NO4. The van der Waals surface area contributed by atoms with Crippen molar-refractivity contribution in [1.29, 1.82) is 0 Å². The van der Waals surface area contributed by atoms with E-state index < -0.39 is 11.9 Å². The van der Waals surface area contributed by atoms with E-state index in [1.54, 1.807) is 60.7 Å². The fourth-order valence-electron chi connectivity index (χ4n) is 2.67. The lowest BCUT2D eigenvalue weighted by molar-refractivity contribution is -0.132. The fraction of sp³-hybridized carbons (Fsp3) is 0.0435. The van der Waals surface area contributed by atoms with E-state index in [-0.39, 0.29) is 18.1 Å². The minimum absolute atomic E-state index is 0.0708. The Morgan fingerprint density at radius 3 is 2.23 bits per heavy atom. The summed E-state index contributed by atoms with van der Waals surface area (Å²) in [5.74, 6) is -1.53. The predicted octanol–water partition coefficient (Wildman–Crippen LogP) is 5.47. The van der Waals surface area contributed by atoms with E-state index in [1.807, 2.05) is 0 Å². The number of rotatable bonds is 7. The second-order valence-electron chi connectivity index (χ2n) is 6.38. The summed E-state index contributed by atoms with van der Waals surface area (Å²) >= 11 is 4.15. The van der Waals surface area contributed by atoms with Gasteiger partial charge in [-0.1, -0.05) is 36.4 Å². The molecule has 1 amide bonds. The standard InChI is InChI=1S/C23H16FI2NO4/c24-17-9-5-4-8-16(17)13-31-21-18(25)10-14(11-19(21)26)12-20(23(29)30)27-22(28)15-6-2-1-3-7-15/h1-12H,13H2,(H,27,28)(H,29,30). The van der Waals surface area contributed by atoms with Crippen LogP contribution in [-0.4, -0.2) is 17.0 Å². The first-order valence-electron chi connectivity index (χ1n) is 9.02. The molecule has 3 rings (SSSR count). The number of hydrogen-bond donors (Lipinski definition) is 2. The van der Waals surface area contributed by atoms with Crippen molar-refractivity contribution in [3.63, 3.8) is 0 Å². The topological polar surface area (TPSA) is 75.6 Å². The summed E-state index contributed by atoms with van der Waals surface area (Å²) in [4.78, 5) is 24.0. The zero-order valence-corrected chi connectivity index (χ0v) is 20.3. The molecule has 3 aromatic rings. The molecule has 0 atom stereocenters. The van der Waals surface area contributed by atoms with Gasteiger partial charge in [-0.25, -0.2) is 9.18 Å². The number of ether oxygens (including phenoxy) is 1. The molecule has 0 fully saturated rings. The van der Waals surface area contributed by atoms with Crippen molar-refractivity contribution in [2.75, 3.05) is 0 Å². The molecule has 0 aliphatic heterocycles. The van der Waals surface area contributed by atoms with Gasteiger partial charge in [0.05, 0.1) is 7.14 Å². The van der Waals surface area contributed by atoms with Gasteiger partial charge in [-0.3, -0.25) is 4.79 Å². The minimum Gasteiger partial charge on any atom is -0.487 e. The van der Waals surface area contributed by atoms with Crippen LogP contribution in [0.1, 0.15) is 21.5 Å². The summed E-state index contributed by atoms with van der Waals surface area (Å²) in [6.07, 6.45) is 1.38. The normalized spacial score (nSPS) is 11.1. The highest BCUT2D eigenvalue weighted by molar-refractivity contribution is 14.1. The van der Waals surface area contributed by atoms with Gasteiger partial charge in [0, 0.05) is 11.1 Å². The van der Waals surface area contributed by atoms with Crippen LogP contribution < -0.4 is 10.1 Å². The van der Waals surface area contributed by atoms with Gasteiger partial charge in [-0.2, -0.15) is 0 Å². The van der Waals surface area contributed by atoms with Gasteiger partial charge in [0.2, 0.25) is 0 Å². The lowest BCUT2D eigenvalue weighted by Crippen LogP contribution is -2.27. The molecule has 31 heavy (non-hydrogen) atoms.